The van der Waals surface area contributed by atoms with Crippen molar-refractivity contribution in [2.45, 2.75) is 76.3 Å². The van der Waals surface area contributed by atoms with Crippen LogP contribution in [0.4, 0.5) is 0 Å². The van der Waals surface area contributed by atoms with Crippen molar-refractivity contribution in [3.8, 4) is 0 Å². The van der Waals surface area contributed by atoms with E-state index in [2.05, 4.69) is 35.1 Å². The predicted octanol–water partition coefficient (Wildman–Crippen LogP) is 1.04. The Labute approximate surface area is 145 Å². The van der Waals surface area contributed by atoms with Gasteiger partial charge in [0.1, 0.15) is 0 Å². The van der Waals surface area contributed by atoms with Crippen molar-refractivity contribution in [3.63, 3.8) is 0 Å². The van der Waals surface area contributed by atoms with Gasteiger partial charge in [-0.1, -0.05) is 0 Å². The van der Waals surface area contributed by atoms with Gasteiger partial charge in [0.25, 0.3) is 0 Å². The Morgan fingerprint density at radius 1 is 1.00 bits per heavy atom. The van der Waals surface area contributed by atoms with Gasteiger partial charge < -0.3 is 9.47 Å². The van der Waals surface area contributed by atoms with E-state index >= 15 is 0 Å². The zero-order chi connectivity index (χ0) is 16.5. The number of ether oxygens (including phenoxy) is 2. The quantitative estimate of drug-likeness (QED) is 0.614. The van der Waals surface area contributed by atoms with E-state index in [9.17, 15) is 0 Å². The highest BCUT2D eigenvalue weighted by Gasteiger charge is 2.45. The van der Waals surface area contributed by atoms with Crippen molar-refractivity contribution in [1.82, 2.24) is 21.3 Å². The standard InChI is InChI=1S/C18H34N4O2/c1-12-5-7-23-8-6-13(2)24-15-3-4-17-16(9-15)18(21-20-17)14-10-19-22(12)11-14/h12-21H,3-11H2,1-2H3/t12-,13+,14?,15?,16?,17?,18?/m1/s1. The Hall–Kier alpha value is -0.240. The van der Waals surface area contributed by atoms with Crippen molar-refractivity contribution in [2.24, 2.45) is 11.8 Å². The molecule has 3 saturated heterocycles. The van der Waals surface area contributed by atoms with E-state index in [-0.39, 0.29) is 0 Å². The van der Waals surface area contributed by atoms with Crippen LogP contribution < -0.4 is 16.3 Å². The number of rotatable bonds is 0. The second-order valence-electron chi connectivity index (χ2n) is 8.28. The molecule has 24 heavy (non-hydrogen) atoms. The second kappa shape index (κ2) is 7.56. The molecule has 3 heterocycles. The fourth-order valence-electron chi connectivity index (χ4n) is 4.99. The maximum Gasteiger partial charge on any atom is 0.0583 e. The first-order valence-corrected chi connectivity index (χ1v) is 9.95. The summed E-state index contributed by atoms with van der Waals surface area (Å²) in [6, 6.07) is 1.71. The van der Waals surface area contributed by atoms with Crippen LogP contribution in [-0.2, 0) is 9.47 Å². The van der Waals surface area contributed by atoms with Gasteiger partial charge in [0.15, 0.2) is 0 Å². The summed E-state index contributed by atoms with van der Waals surface area (Å²) in [7, 11) is 0. The van der Waals surface area contributed by atoms with Crippen molar-refractivity contribution in [2.75, 3.05) is 26.3 Å². The molecule has 3 aliphatic heterocycles. The Bertz CT molecular complexity index is 424. The molecule has 4 bridgehead atoms. The summed E-state index contributed by atoms with van der Waals surface area (Å²) in [4.78, 5) is 0. The van der Waals surface area contributed by atoms with Gasteiger partial charge in [0.05, 0.1) is 12.2 Å². The molecule has 0 spiro atoms. The molecule has 0 aromatic rings. The number of nitrogens with zero attached hydrogens (tertiary/aromatic N) is 1. The average Bonchev–Trinajstić information content (AvgIpc) is 3.19. The van der Waals surface area contributed by atoms with Gasteiger partial charge in [0, 0.05) is 50.3 Å². The van der Waals surface area contributed by atoms with Crippen LogP contribution in [0.25, 0.3) is 0 Å². The van der Waals surface area contributed by atoms with E-state index in [4.69, 9.17) is 9.47 Å². The highest BCUT2D eigenvalue weighted by Crippen LogP contribution is 2.36. The predicted molar refractivity (Wildman–Crippen MR) is 93.2 cm³/mol. The van der Waals surface area contributed by atoms with Crippen LogP contribution in [0.1, 0.15) is 46.0 Å². The number of fused-ring (bicyclic) bond motifs is 4. The van der Waals surface area contributed by atoms with Gasteiger partial charge in [-0.15, -0.1) is 0 Å². The molecule has 4 aliphatic rings. The Kier molecular flexibility index (Phi) is 5.41. The minimum absolute atomic E-state index is 0.303. The molecular weight excluding hydrogens is 304 g/mol. The number of nitrogens with one attached hydrogen (secondary N) is 3. The molecule has 0 amide bonds. The SMILES string of the molecule is C[C@@H]1CCOCC[C@H](C)OC2CCC3NNC(C4CNN1C4)C3C2. The minimum atomic E-state index is 0.303. The molecule has 1 saturated carbocycles. The third-order valence-electron chi connectivity index (χ3n) is 6.55. The lowest BCUT2D eigenvalue weighted by Crippen LogP contribution is -2.43. The summed E-state index contributed by atoms with van der Waals surface area (Å²) < 4.78 is 12.2. The van der Waals surface area contributed by atoms with Crippen molar-refractivity contribution < 1.29 is 9.47 Å². The first-order valence-electron chi connectivity index (χ1n) is 9.95. The first kappa shape index (κ1) is 17.2. The molecule has 6 unspecified atom stereocenters. The van der Waals surface area contributed by atoms with Gasteiger partial charge in [-0.05, 0) is 51.9 Å². The topological polar surface area (TPSA) is 57.8 Å². The van der Waals surface area contributed by atoms with Gasteiger partial charge in [-0.3, -0.25) is 16.3 Å². The number of hydrogen-bond acceptors (Lipinski definition) is 6. The molecule has 0 radical (unpaired) electrons. The summed E-state index contributed by atoms with van der Waals surface area (Å²) in [5.41, 5.74) is 10.8. The number of hydrazine groups is 2. The first-order chi connectivity index (χ1) is 11.7. The highest BCUT2D eigenvalue weighted by atomic mass is 16.5. The fourth-order valence-corrected chi connectivity index (χ4v) is 4.99. The smallest absolute Gasteiger partial charge is 0.0583 e. The lowest BCUT2D eigenvalue weighted by Gasteiger charge is -2.35. The monoisotopic (exact) mass is 338 g/mol. The summed E-state index contributed by atoms with van der Waals surface area (Å²) >= 11 is 0. The third kappa shape index (κ3) is 3.64. The molecule has 0 aromatic carbocycles. The molecule has 138 valence electrons. The molecule has 6 heteroatoms. The van der Waals surface area contributed by atoms with Crippen molar-refractivity contribution >= 4 is 0 Å². The van der Waals surface area contributed by atoms with Gasteiger partial charge >= 0.3 is 0 Å². The lowest BCUT2D eigenvalue weighted by molar-refractivity contribution is -0.0486. The lowest BCUT2D eigenvalue weighted by atomic mass is 9.76. The van der Waals surface area contributed by atoms with E-state index in [0.29, 0.717) is 42.2 Å². The molecule has 4 rings (SSSR count). The van der Waals surface area contributed by atoms with E-state index in [1.54, 1.807) is 0 Å². The molecular formula is C18H34N4O2. The largest absolute Gasteiger partial charge is 0.381 e. The summed E-state index contributed by atoms with van der Waals surface area (Å²) in [5.74, 6) is 1.36. The van der Waals surface area contributed by atoms with E-state index in [1.807, 2.05) is 0 Å². The Balaban J connectivity index is 1.47. The zero-order valence-corrected chi connectivity index (χ0v) is 15.2. The summed E-state index contributed by atoms with van der Waals surface area (Å²) in [6.45, 7) is 8.38. The number of hydrogen-bond donors (Lipinski definition) is 3. The fraction of sp³-hybridized carbons (Fsp3) is 1.00. The molecule has 0 aromatic heterocycles. The van der Waals surface area contributed by atoms with Gasteiger partial charge in [-0.2, -0.15) is 0 Å². The maximum absolute atomic E-state index is 6.36. The van der Waals surface area contributed by atoms with E-state index in [0.717, 1.165) is 39.1 Å². The summed E-state index contributed by atoms with van der Waals surface area (Å²) in [6.07, 6.45) is 6.40. The minimum Gasteiger partial charge on any atom is -0.381 e. The van der Waals surface area contributed by atoms with Crippen molar-refractivity contribution in [3.05, 3.63) is 0 Å². The van der Waals surface area contributed by atoms with Gasteiger partial charge in [0.2, 0.25) is 0 Å². The zero-order valence-electron chi connectivity index (χ0n) is 15.2. The van der Waals surface area contributed by atoms with Crippen LogP contribution in [0, 0.1) is 11.8 Å². The van der Waals surface area contributed by atoms with Crippen LogP contribution in [0.15, 0.2) is 0 Å². The normalized spacial score (nSPS) is 50.2. The molecule has 4 fully saturated rings. The maximum atomic E-state index is 6.36. The molecule has 1 aliphatic carbocycles. The Morgan fingerprint density at radius 3 is 2.79 bits per heavy atom. The van der Waals surface area contributed by atoms with Crippen LogP contribution >= 0.6 is 0 Å². The van der Waals surface area contributed by atoms with Crippen LogP contribution in [0.5, 0.6) is 0 Å². The van der Waals surface area contributed by atoms with Gasteiger partial charge in [-0.25, -0.2) is 5.01 Å². The summed E-state index contributed by atoms with van der Waals surface area (Å²) in [5, 5.41) is 2.43. The second-order valence-corrected chi connectivity index (χ2v) is 8.28. The molecule has 3 N–H and O–H groups in total. The third-order valence-corrected chi connectivity index (χ3v) is 6.55. The Morgan fingerprint density at radius 2 is 1.88 bits per heavy atom. The highest BCUT2D eigenvalue weighted by molar-refractivity contribution is 5.00. The van der Waals surface area contributed by atoms with E-state index < -0.39 is 0 Å². The average molecular weight is 338 g/mol. The molecule has 8 atom stereocenters. The van der Waals surface area contributed by atoms with E-state index in [1.165, 1.54) is 19.3 Å². The van der Waals surface area contributed by atoms with Crippen LogP contribution in [0.3, 0.4) is 0 Å². The van der Waals surface area contributed by atoms with Crippen LogP contribution in [-0.4, -0.2) is 61.6 Å². The van der Waals surface area contributed by atoms with Crippen molar-refractivity contribution in [1.29, 1.82) is 0 Å². The molecule has 6 nitrogen and oxygen atoms in total. The van der Waals surface area contributed by atoms with Crippen LogP contribution in [0.2, 0.25) is 0 Å².